The fraction of sp³-hybridized carbons (Fsp3) is 0.471. The first kappa shape index (κ1) is 16.3. The van der Waals surface area contributed by atoms with Crippen LogP contribution in [0.2, 0.25) is 0 Å². The zero-order chi connectivity index (χ0) is 15.9. The van der Waals surface area contributed by atoms with Crippen LogP contribution in [0.25, 0.3) is 0 Å². The second-order valence-corrected chi connectivity index (χ2v) is 5.48. The number of ether oxygens (including phenoxy) is 2. The van der Waals surface area contributed by atoms with Crippen molar-refractivity contribution in [1.82, 2.24) is 4.90 Å². The molecule has 1 fully saturated rings. The van der Waals surface area contributed by atoms with E-state index in [2.05, 4.69) is 10.8 Å². The summed E-state index contributed by atoms with van der Waals surface area (Å²) < 4.78 is 11.1. The zero-order valence-electron chi connectivity index (χ0n) is 12.8. The van der Waals surface area contributed by atoms with Gasteiger partial charge >= 0.3 is 0 Å². The highest BCUT2D eigenvalue weighted by Gasteiger charge is 2.28. The van der Waals surface area contributed by atoms with E-state index < -0.39 is 12.0 Å². The number of carbonyl (C=O) groups is 1. The van der Waals surface area contributed by atoms with E-state index in [9.17, 15) is 4.79 Å². The normalized spacial score (nSPS) is 22.0. The molecule has 22 heavy (non-hydrogen) atoms. The Kier molecular flexibility index (Phi) is 5.82. The van der Waals surface area contributed by atoms with Gasteiger partial charge in [0.25, 0.3) is 0 Å². The molecular formula is C17H22N2O3. The summed E-state index contributed by atoms with van der Waals surface area (Å²) in [5.41, 5.74) is 6.50. The summed E-state index contributed by atoms with van der Waals surface area (Å²) in [6.45, 7) is 4.54. The number of nitrogens with two attached hydrogens (primary N) is 1. The lowest BCUT2D eigenvalue weighted by Gasteiger charge is -2.35. The SMILES string of the molecule is C#CCCOc1ccc(CN2CC(C(N)=O)O[C@H](C)C2)cc1. The van der Waals surface area contributed by atoms with E-state index in [4.69, 9.17) is 21.6 Å². The van der Waals surface area contributed by atoms with Gasteiger partial charge in [-0.05, 0) is 24.6 Å². The predicted molar refractivity (Wildman–Crippen MR) is 84.2 cm³/mol. The summed E-state index contributed by atoms with van der Waals surface area (Å²) in [6, 6.07) is 7.90. The first-order valence-electron chi connectivity index (χ1n) is 7.41. The molecular weight excluding hydrogens is 280 g/mol. The molecule has 0 spiro atoms. The second-order valence-electron chi connectivity index (χ2n) is 5.48. The van der Waals surface area contributed by atoms with Gasteiger partial charge in [0, 0.05) is 26.1 Å². The van der Waals surface area contributed by atoms with Gasteiger partial charge in [-0.2, -0.15) is 0 Å². The average molecular weight is 302 g/mol. The average Bonchev–Trinajstić information content (AvgIpc) is 2.48. The number of primary amides is 1. The lowest BCUT2D eigenvalue weighted by molar-refractivity contribution is -0.142. The van der Waals surface area contributed by atoms with Gasteiger partial charge < -0.3 is 15.2 Å². The lowest BCUT2D eigenvalue weighted by atomic mass is 10.1. The number of rotatable bonds is 6. The highest BCUT2D eigenvalue weighted by atomic mass is 16.5. The van der Waals surface area contributed by atoms with Crippen molar-refractivity contribution in [1.29, 1.82) is 0 Å². The first-order chi connectivity index (χ1) is 10.6. The monoisotopic (exact) mass is 302 g/mol. The molecule has 5 nitrogen and oxygen atoms in total. The molecule has 1 aromatic rings. The molecule has 0 bridgehead atoms. The number of carbonyl (C=O) groups excluding carboxylic acids is 1. The maximum absolute atomic E-state index is 11.3. The maximum Gasteiger partial charge on any atom is 0.247 e. The van der Waals surface area contributed by atoms with Crippen molar-refractivity contribution < 1.29 is 14.3 Å². The number of hydrogen-bond donors (Lipinski definition) is 1. The Balaban J connectivity index is 1.90. The highest BCUT2D eigenvalue weighted by Crippen LogP contribution is 2.17. The van der Waals surface area contributed by atoms with Crippen LogP contribution in [-0.4, -0.2) is 42.7 Å². The Morgan fingerprint density at radius 3 is 2.82 bits per heavy atom. The molecule has 2 rings (SSSR count). The van der Waals surface area contributed by atoms with Crippen LogP contribution in [0.3, 0.4) is 0 Å². The molecule has 0 aromatic heterocycles. The van der Waals surface area contributed by atoms with E-state index in [1.807, 2.05) is 31.2 Å². The summed E-state index contributed by atoms with van der Waals surface area (Å²) in [5, 5.41) is 0. The Morgan fingerprint density at radius 1 is 1.45 bits per heavy atom. The van der Waals surface area contributed by atoms with Crippen LogP contribution in [0.5, 0.6) is 5.75 Å². The summed E-state index contributed by atoms with van der Waals surface area (Å²) >= 11 is 0. The van der Waals surface area contributed by atoms with Crippen LogP contribution in [0.15, 0.2) is 24.3 Å². The molecule has 1 aliphatic rings. The third-order valence-corrected chi connectivity index (χ3v) is 3.50. The Bertz CT molecular complexity index is 536. The van der Waals surface area contributed by atoms with Crippen LogP contribution >= 0.6 is 0 Å². The van der Waals surface area contributed by atoms with E-state index in [-0.39, 0.29) is 6.10 Å². The Morgan fingerprint density at radius 2 is 2.18 bits per heavy atom. The van der Waals surface area contributed by atoms with Gasteiger partial charge in [-0.15, -0.1) is 12.3 Å². The first-order valence-corrected chi connectivity index (χ1v) is 7.41. The van der Waals surface area contributed by atoms with Crippen LogP contribution < -0.4 is 10.5 Å². The number of hydrogen-bond acceptors (Lipinski definition) is 4. The summed E-state index contributed by atoms with van der Waals surface area (Å²) in [4.78, 5) is 13.5. The minimum Gasteiger partial charge on any atom is -0.493 e. The third kappa shape index (κ3) is 4.76. The molecule has 1 amide bonds. The zero-order valence-corrected chi connectivity index (χ0v) is 12.8. The topological polar surface area (TPSA) is 64.8 Å². The van der Waals surface area contributed by atoms with E-state index in [0.29, 0.717) is 19.6 Å². The molecule has 1 aliphatic heterocycles. The van der Waals surface area contributed by atoms with Crippen molar-refractivity contribution >= 4 is 5.91 Å². The fourth-order valence-electron chi connectivity index (χ4n) is 2.50. The minimum atomic E-state index is -0.532. The standard InChI is InChI=1S/C17H22N2O3/c1-3-4-9-21-15-7-5-14(6-8-15)11-19-10-13(2)22-16(12-19)17(18)20/h1,5-8,13,16H,4,9-12H2,2H3,(H2,18,20)/t13-,16?/m1/s1. The molecule has 0 radical (unpaired) electrons. The second kappa shape index (κ2) is 7.83. The van der Waals surface area contributed by atoms with Crippen molar-refractivity contribution in [3.8, 4) is 18.1 Å². The van der Waals surface area contributed by atoms with Gasteiger partial charge in [0.05, 0.1) is 12.7 Å². The van der Waals surface area contributed by atoms with E-state index in [0.717, 1.165) is 24.4 Å². The smallest absolute Gasteiger partial charge is 0.247 e. The van der Waals surface area contributed by atoms with Gasteiger partial charge in [-0.3, -0.25) is 9.69 Å². The van der Waals surface area contributed by atoms with Crippen molar-refractivity contribution in [3.05, 3.63) is 29.8 Å². The lowest BCUT2D eigenvalue weighted by Crippen LogP contribution is -2.51. The van der Waals surface area contributed by atoms with Crippen LogP contribution in [-0.2, 0) is 16.1 Å². The van der Waals surface area contributed by atoms with Crippen LogP contribution in [0.1, 0.15) is 18.9 Å². The molecule has 0 saturated carbocycles. The molecule has 2 N–H and O–H groups in total. The van der Waals surface area contributed by atoms with Gasteiger partial charge in [0.15, 0.2) is 0 Å². The fourth-order valence-corrected chi connectivity index (χ4v) is 2.50. The molecule has 5 heteroatoms. The van der Waals surface area contributed by atoms with Crippen LogP contribution in [0, 0.1) is 12.3 Å². The largest absolute Gasteiger partial charge is 0.493 e. The Hall–Kier alpha value is -2.03. The Labute approximate surface area is 131 Å². The minimum absolute atomic E-state index is 0.00220. The third-order valence-electron chi connectivity index (χ3n) is 3.50. The van der Waals surface area contributed by atoms with Crippen molar-refractivity contribution in [2.24, 2.45) is 5.73 Å². The van der Waals surface area contributed by atoms with Gasteiger partial charge in [-0.25, -0.2) is 0 Å². The van der Waals surface area contributed by atoms with Crippen molar-refractivity contribution in [2.75, 3.05) is 19.7 Å². The molecule has 0 aliphatic carbocycles. The summed E-state index contributed by atoms with van der Waals surface area (Å²) in [5.74, 6) is 2.94. The highest BCUT2D eigenvalue weighted by molar-refractivity contribution is 5.79. The molecule has 1 heterocycles. The number of terminal acetylenes is 1. The predicted octanol–water partition coefficient (Wildman–Crippen LogP) is 1.16. The molecule has 1 unspecified atom stereocenters. The summed E-state index contributed by atoms with van der Waals surface area (Å²) in [6.07, 6.45) is 5.25. The number of morpholine rings is 1. The van der Waals surface area contributed by atoms with Gasteiger partial charge in [0.2, 0.25) is 5.91 Å². The number of amides is 1. The number of benzene rings is 1. The molecule has 2 atom stereocenters. The van der Waals surface area contributed by atoms with Crippen molar-refractivity contribution in [3.63, 3.8) is 0 Å². The van der Waals surface area contributed by atoms with E-state index in [1.165, 1.54) is 0 Å². The quantitative estimate of drug-likeness (QED) is 0.633. The molecule has 1 aromatic carbocycles. The van der Waals surface area contributed by atoms with Gasteiger partial charge in [0.1, 0.15) is 11.9 Å². The van der Waals surface area contributed by atoms with E-state index in [1.54, 1.807) is 0 Å². The number of nitrogens with zero attached hydrogens (tertiary/aromatic N) is 1. The van der Waals surface area contributed by atoms with Gasteiger partial charge in [-0.1, -0.05) is 12.1 Å². The van der Waals surface area contributed by atoms with Crippen LogP contribution in [0.4, 0.5) is 0 Å². The van der Waals surface area contributed by atoms with Crippen molar-refractivity contribution in [2.45, 2.75) is 32.1 Å². The molecule has 118 valence electrons. The molecule has 1 saturated heterocycles. The van der Waals surface area contributed by atoms with E-state index >= 15 is 0 Å². The maximum atomic E-state index is 11.3. The summed E-state index contributed by atoms with van der Waals surface area (Å²) in [7, 11) is 0.